The van der Waals surface area contributed by atoms with Crippen molar-refractivity contribution in [1.82, 2.24) is 9.96 Å². The molecule has 8 heteroatoms. The molecule has 0 aromatic heterocycles. The SMILES string of the molecule is CC(C)(C)C(=O)N1CCOC(C(=O)ON2C(=O)c3ccccc3C2=O)C1. The number of carbonyl (C=O) groups excluding carboxylic acids is 4. The molecule has 2 aliphatic heterocycles. The minimum atomic E-state index is -1.06. The summed E-state index contributed by atoms with van der Waals surface area (Å²) in [7, 11) is 0. The molecule has 1 aromatic carbocycles. The second kappa shape index (κ2) is 6.53. The molecule has 1 fully saturated rings. The van der Waals surface area contributed by atoms with Crippen molar-refractivity contribution in [3.8, 4) is 0 Å². The predicted octanol–water partition coefficient (Wildman–Crippen LogP) is 1.01. The summed E-state index contributed by atoms with van der Waals surface area (Å²) in [6.07, 6.45) is -1.06. The van der Waals surface area contributed by atoms with Gasteiger partial charge in [-0.3, -0.25) is 14.4 Å². The van der Waals surface area contributed by atoms with Crippen LogP contribution in [0.15, 0.2) is 24.3 Å². The fraction of sp³-hybridized carbons (Fsp3) is 0.444. The lowest BCUT2D eigenvalue weighted by Crippen LogP contribution is -2.52. The molecule has 0 bridgehead atoms. The Morgan fingerprint density at radius 1 is 1.12 bits per heavy atom. The van der Waals surface area contributed by atoms with Gasteiger partial charge in [-0.05, 0) is 12.1 Å². The maximum atomic E-state index is 12.4. The van der Waals surface area contributed by atoms with Crippen molar-refractivity contribution in [1.29, 1.82) is 0 Å². The summed E-state index contributed by atoms with van der Waals surface area (Å²) in [6.45, 7) is 5.92. The average Bonchev–Trinajstić information content (AvgIpc) is 2.85. The molecule has 1 unspecified atom stereocenters. The van der Waals surface area contributed by atoms with E-state index >= 15 is 0 Å². The van der Waals surface area contributed by atoms with Crippen LogP contribution >= 0.6 is 0 Å². The molecule has 3 rings (SSSR count). The number of benzene rings is 1. The van der Waals surface area contributed by atoms with E-state index in [0.29, 0.717) is 11.6 Å². The molecule has 0 saturated carbocycles. The van der Waals surface area contributed by atoms with Crippen molar-refractivity contribution in [2.75, 3.05) is 19.7 Å². The van der Waals surface area contributed by atoms with Crippen molar-refractivity contribution < 1.29 is 28.8 Å². The lowest BCUT2D eigenvalue weighted by molar-refractivity contribution is -0.188. The van der Waals surface area contributed by atoms with Gasteiger partial charge in [-0.2, -0.15) is 0 Å². The number of rotatable bonds is 2. The highest BCUT2D eigenvalue weighted by atomic mass is 16.7. The Morgan fingerprint density at radius 2 is 1.69 bits per heavy atom. The summed E-state index contributed by atoms with van der Waals surface area (Å²) in [4.78, 5) is 55.8. The third kappa shape index (κ3) is 3.20. The molecular formula is C18H20N2O6. The first-order chi connectivity index (χ1) is 12.2. The molecule has 1 aromatic rings. The number of hydrogen-bond acceptors (Lipinski definition) is 6. The molecule has 1 atom stereocenters. The van der Waals surface area contributed by atoms with Crippen LogP contribution in [-0.4, -0.2) is 59.5 Å². The zero-order valence-electron chi connectivity index (χ0n) is 14.9. The summed E-state index contributed by atoms with van der Waals surface area (Å²) in [5.41, 5.74) is -0.229. The smallest absolute Gasteiger partial charge is 0.363 e. The van der Waals surface area contributed by atoms with E-state index in [1.807, 2.05) is 0 Å². The molecule has 1 saturated heterocycles. The van der Waals surface area contributed by atoms with Crippen molar-refractivity contribution >= 4 is 23.7 Å². The van der Waals surface area contributed by atoms with Crippen LogP contribution in [0.2, 0.25) is 0 Å². The van der Waals surface area contributed by atoms with E-state index < -0.39 is 29.3 Å². The Balaban J connectivity index is 1.68. The Hall–Kier alpha value is -2.74. The van der Waals surface area contributed by atoms with Crippen molar-refractivity contribution in [3.63, 3.8) is 0 Å². The molecule has 2 heterocycles. The van der Waals surface area contributed by atoms with Crippen molar-refractivity contribution in [2.45, 2.75) is 26.9 Å². The van der Waals surface area contributed by atoms with E-state index in [4.69, 9.17) is 9.57 Å². The third-order valence-electron chi connectivity index (χ3n) is 4.20. The summed E-state index contributed by atoms with van der Waals surface area (Å²) >= 11 is 0. The van der Waals surface area contributed by atoms with Crippen LogP contribution in [0.3, 0.4) is 0 Å². The van der Waals surface area contributed by atoms with Gasteiger partial charge in [0.2, 0.25) is 5.91 Å². The van der Waals surface area contributed by atoms with Gasteiger partial charge < -0.3 is 14.5 Å². The molecule has 0 aliphatic carbocycles. The van der Waals surface area contributed by atoms with Crippen LogP contribution in [0.1, 0.15) is 41.5 Å². The van der Waals surface area contributed by atoms with Crippen LogP contribution in [0.5, 0.6) is 0 Å². The van der Waals surface area contributed by atoms with E-state index in [1.54, 1.807) is 32.9 Å². The molecule has 8 nitrogen and oxygen atoms in total. The fourth-order valence-corrected chi connectivity index (χ4v) is 2.85. The minimum absolute atomic E-state index is 0.0120. The molecule has 3 amide bonds. The van der Waals surface area contributed by atoms with E-state index in [0.717, 1.165) is 0 Å². The molecule has 138 valence electrons. The maximum absolute atomic E-state index is 12.4. The Morgan fingerprint density at radius 3 is 2.23 bits per heavy atom. The molecule has 26 heavy (non-hydrogen) atoms. The Kier molecular flexibility index (Phi) is 4.53. The largest absolute Gasteiger partial charge is 0.363 e. The molecule has 0 spiro atoms. The zero-order valence-corrected chi connectivity index (χ0v) is 14.9. The predicted molar refractivity (Wildman–Crippen MR) is 88.8 cm³/mol. The highest BCUT2D eigenvalue weighted by molar-refractivity contribution is 6.20. The third-order valence-corrected chi connectivity index (χ3v) is 4.20. The highest BCUT2D eigenvalue weighted by Crippen LogP contribution is 2.24. The van der Waals surface area contributed by atoms with E-state index in [2.05, 4.69) is 0 Å². The number of hydrogen-bond donors (Lipinski definition) is 0. The van der Waals surface area contributed by atoms with Gasteiger partial charge in [0, 0.05) is 12.0 Å². The second-order valence-electron chi connectivity index (χ2n) is 7.22. The first kappa shape index (κ1) is 18.1. The Bertz CT molecular complexity index is 747. The molecule has 2 aliphatic rings. The highest BCUT2D eigenvalue weighted by Gasteiger charge is 2.41. The number of hydroxylamine groups is 2. The maximum Gasteiger partial charge on any atom is 0.363 e. The fourth-order valence-electron chi connectivity index (χ4n) is 2.85. The first-order valence-corrected chi connectivity index (χ1v) is 8.31. The van der Waals surface area contributed by atoms with Gasteiger partial charge in [0.25, 0.3) is 11.8 Å². The normalized spacial score (nSPS) is 20.2. The number of carbonyl (C=O) groups is 4. The summed E-state index contributed by atoms with van der Waals surface area (Å²) in [5, 5.41) is 0.445. The standard InChI is InChI=1S/C18H20N2O6/c1-18(2,3)17(24)19-8-9-25-13(10-19)16(23)26-20-14(21)11-6-4-5-7-12(11)15(20)22/h4-7,13H,8-10H2,1-3H3. The first-order valence-electron chi connectivity index (χ1n) is 8.31. The quantitative estimate of drug-likeness (QED) is 0.731. The number of morpholine rings is 1. The summed E-state index contributed by atoms with van der Waals surface area (Å²) in [6, 6.07) is 6.22. The van der Waals surface area contributed by atoms with E-state index in [-0.39, 0.29) is 30.2 Å². The van der Waals surface area contributed by atoms with Gasteiger partial charge in [0.05, 0.1) is 24.3 Å². The number of nitrogens with zero attached hydrogens (tertiary/aromatic N) is 2. The number of ether oxygens (including phenoxy) is 1. The lowest BCUT2D eigenvalue weighted by Gasteiger charge is -2.35. The zero-order chi connectivity index (χ0) is 19.1. The van der Waals surface area contributed by atoms with Crippen LogP contribution in [0, 0.1) is 5.41 Å². The van der Waals surface area contributed by atoms with Crippen LogP contribution in [-0.2, 0) is 19.2 Å². The van der Waals surface area contributed by atoms with Gasteiger partial charge in [-0.25, -0.2) is 4.79 Å². The van der Waals surface area contributed by atoms with Crippen molar-refractivity contribution in [3.05, 3.63) is 35.4 Å². The van der Waals surface area contributed by atoms with Gasteiger partial charge in [-0.15, -0.1) is 0 Å². The number of imide groups is 1. The van der Waals surface area contributed by atoms with E-state index in [1.165, 1.54) is 17.0 Å². The van der Waals surface area contributed by atoms with E-state index in [9.17, 15) is 19.2 Å². The van der Waals surface area contributed by atoms with Gasteiger partial charge in [-0.1, -0.05) is 38.0 Å². The van der Waals surface area contributed by atoms with Gasteiger partial charge >= 0.3 is 5.97 Å². The molecular weight excluding hydrogens is 340 g/mol. The van der Waals surface area contributed by atoms with Crippen LogP contribution in [0.25, 0.3) is 0 Å². The number of fused-ring (bicyclic) bond motifs is 1. The van der Waals surface area contributed by atoms with Gasteiger partial charge in [0.1, 0.15) is 0 Å². The second-order valence-corrected chi connectivity index (χ2v) is 7.22. The van der Waals surface area contributed by atoms with Crippen LogP contribution in [0.4, 0.5) is 0 Å². The summed E-state index contributed by atoms with van der Waals surface area (Å²) < 4.78 is 5.37. The Labute approximate surface area is 150 Å². The van der Waals surface area contributed by atoms with Crippen LogP contribution < -0.4 is 0 Å². The van der Waals surface area contributed by atoms with Crippen molar-refractivity contribution in [2.24, 2.45) is 5.41 Å². The monoisotopic (exact) mass is 360 g/mol. The number of amides is 3. The average molecular weight is 360 g/mol. The minimum Gasteiger partial charge on any atom is -0.363 e. The topological polar surface area (TPSA) is 93.2 Å². The van der Waals surface area contributed by atoms with Gasteiger partial charge in [0.15, 0.2) is 6.10 Å². The summed E-state index contributed by atoms with van der Waals surface area (Å²) in [5.74, 6) is -2.39. The lowest BCUT2D eigenvalue weighted by atomic mass is 9.94. The molecule has 0 N–H and O–H groups in total. The molecule has 0 radical (unpaired) electrons.